The molecule has 7 N–H and O–H groups in total. The van der Waals surface area contributed by atoms with Crippen molar-refractivity contribution in [1.29, 1.82) is 0 Å². The van der Waals surface area contributed by atoms with Crippen LogP contribution in [0.15, 0.2) is 126 Å². The first-order valence-electron chi connectivity index (χ1n) is 18.5. The molecule has 67 heavy (non-hydrogen) atoms. The molecule has 27 heteroatoms. The number of nitrogens with one attached hydrogen (secondary N) is 2. The Kier molecular flexibility index (Phi) is 12.1. The summed E-state index contributed by atoms with van der Waals surface area (Å²) in [6.07, 6.45) is -1.16. The normalized spacial score (nSPS) is 13.5. The molecule has 1 unspecified atom stereocenters. The molecule has 0 saturated heterocycles. The molecular formula is C40H28N2O20S5. The molecule has 0 amide bonds. The number of benzene rings is 5. The SMILES string of the molecule is O=C(c1ccccc1)c1c2c3c(c(Nc4c(S(=O)(=O)O)cc(S(=O)(=O)CCC(C(=O)O)C(=O)c5cccc(S(=O)(=O)O)c5)cc4S(=O)(=O)O)cc(S(=O)(=O)O)c3[nH]c1=O)C(=O)c1ccccc1-2. The number of pyridine rings is 1. The van der Waals surface area contributed by atoms with E-state index in [2.05, 4.69) is 10.3 Å². The minimum absolute atomic E-state index is 0.0648. The van der Waals surface area contributed by atoms with E-state index < -0.39 is 161 Å². The van der Waals surface area contributed by atoms with Gasteiger partial charge in [-0.1, -0.05) is 66.7 Å². The second kappa shape index (κ2) is 16.8. The predicted molar refractivity (Wildman–Crippen MR) is 231 cm³/mol. The Labute approximate surface area is 377 Å². The summed E-state index contributed by atoms with van der Waals surface area (Å²) in [5.41, 5.74) is -7.18. The molecule has 0 saturated carbocycles. The highest BCUT2D eigenvalue weighted by atomic mass is 32.2. The maximum Gasteiger partial charge on any atom is 0.314 e. The van der Waals surface area contributed by atoms with Crippen LogP contribution in [0.4, 0.5) is 11.4 Å². The van der Waals surface area contributed by atoms with E-state index in [4.69, 9.17) is 0 Å². The monoisotopic (exact) mass is 1020 g/mol. The van der Waals surface area contributed by atoms with Gasteiger partial charge in [0, 0.05) is 27.6 Å². The Hall–Kier alpha value is -6.82. The molecule has 348 valence electrons. The number of H-pyrrole nitrogens is 1. The second-order valence-corrected chi connectivity index (χ2v) is 22.2. The van der Waals surface area contributed by atoms with Crippen molar-refractivity contribution >= 4 is 95.9 Å². The van der Waals surface area contributed by atoms with Gasteiger partial charge in [0.05, 0.1) is 43.6 Å². The van der Waals surface area contributed by atoms with Gasteiger partial charge < -0.3 is 15.4 Å². The average molecular weight is 1020 g/mol. The summed E-state index contributed by atoms with van der Waals surface area (Å²) >= 11 is 0. The van der Waals surface area contributed by atoms with Gasteiger partial charge in [-0.3, -0.25) is 42.2 Å². The van der Waals surface area contributed by atoms with E-state index in [0.717, 1.165) is 18.2 Å². The number of sulfone groups is 1. The van der Waals surface area contributed by atoms with Crippen LogP contribution >= 0.6 is 0 Å². The van der Waals surface area contributed by atoms with Crippen molar-refractivity contribution in [3.05, 3.63) is 135 Å². The molecule has 0 aliphatic heterocycles. The van der Waals surface area contributed by atoms with Crippen LogP contribution in [0.25, 0.3) is 22.0 Å². The van der Waals surface area contributed by atoms with Crippen molar-refractivity contribution in [2.75, 3.05) is 11.1 Å². The number of Topliss-reactive ketones (excluding diaryl/α,β-unsaturated/α-hetero) is 1. The molecule has 22 nitrogen and oxygen atoms in total. The fourth-order valence-corrected chi connectivity index (χ4v) is 11.6. The van der Waals surface area contributed by atoms with Crippen LogP contribution in [-0.4, -0.2) is 99.5 Å². The Morgan fingerprint density at radius 3 is 1.70 bits per heavy atom. The Morgan fingerprint density at radius 1 is 0.597 bits per heavy atom. The molecular weight excluding hydrogens is 989 g/mol. The maximum atomic E-state index is 14.5. The number of aromatic amines is 1. The zero-order chi connectivity index (χ0) is 49.3. The molecule has 1 aromatic heterocycles. The van der Waals surface area contributed by atoms with Gasteiger partial charge in [0.2, 0.25) is 0 Å². The second-order valence-electron chi connectivity index (χ2n) is 14.5. The van der Waals surface area contributed by atoms with Gasteiger partial charge in [-0.2, -0.15) is 33.7 Å². The number of hydrogen-bond donors (Lipinski definition) is 7. The minimum Gasteiger partial charge on any atom is -0.481 e. The van der Waals surface area contributed by atoms with Gasteiger partial charge in [0.15, 0.2) is 27.2 Å². The molecule has 7 rings (SSSR count). The molecule has 1 aliphatic carbocycles. The van der Waals surface area contributed by atoms with E-state index in [1.54, 1.807) is 6.07 Å². The van der Waals surface area contributed by atoms with E-state index >= 15 is 0 Å². The molecule has 0 fully saturated rings. The highest BCUT2D eigenvalue weighted by molar-refractivity contribution is 7.91. The lowest BCUT2D eigenvalue weighted by molar-refractivity contribution is -0.140. The number of aromatic nitrogens is 1. The summed E-state index contributed by atoms with van der Waals surface area (Å²) in [5, 5.41) is 11.4. The van der Waals surface area contributed by atoms with Gasteiger partial charge >= 0.3 is 5.97 Å². The van der Waals surface area contributed by atoms with Crippen molar-refractivity contribution in [3.63, 3.8) is 0 Å². The zero-order valence-corrected chi connectivity index (χ0v) is 37.2. The quantitative estimate of drug-likeness (QED) is 0.0439. The molecule has 1 aliphatic rings. The van der Waals surface area contributed by atoms with Crippen molar-refractivity contribution < 1.29 is 84.6 Å². The zero-order valence-electron chi connectivity index (χ0n) is 33.1. The van der Waals surface area contributed by atoms with E-state index in [9.17, 15) is 89.4 Å². The smallest absolute Gasteiger partial charge is 0.314 e. The summed E-state index contributed by atoms with van der Waals surface area (Å²) in [4.78, 5) is 63.1. The lowest BCUT2D eigenvalue weighted by atomic mass is 9.80. The summed E-state index contributed by atoms with van der Waals surface area (Å²) < 4.78 is 170. The fourth-order valence-electron chi connectivity index (χ4n) is 7.42. The predicted octanol–water partition coefficient (Wildman–Crippen LogP) is 3.45. The fraction of sp³-hybridized carbons (Fsp3) is 0.0750. The van der Waals surface area contributed by atoms with Crippen LogP contribution in [0.5, 0.6) is 0 Å². The average Bonchev–Trinajstić information content (AvgIpc) is 3.23. The summed E-state index contributed by atoms with van der Waals surface area (Å²) in [6, 6.07) is 16.4. The van der Waals surface area contributed by atoms with Gasteiger partial charge in [-0.15, -0.1) is 0 Å². The molecule has 5 aromatic carbocycles. The first-order valence-corrected chi connectivity index (χ1v) is 25.9. The third-order valence-electron chi connectivity index (χ3n) is 10.4. The number of aliphatic carboxylic acids is 1. The highest BCUT2D eigenvalue weighted by Crippen LogP contribution is 2.47. The van der Waals surface area contributed by atoms with E-state index in [1.165, 1.54) is 48.5 Å². The summed E-state index contributed by atoms with van der Waals surface area (Å²) in [6.45, 7) is 0. The number of carboxylic acid groups (broad SMARTS) is 1. The summed E-state index contributed by atoms with van der Waals surface area (Å²) in [7, 11) is -27.5. The molecule has 6 aromatic rings. The van der Waals surface area contributed by atoms with Crippen molar-refractivity contribution in [1.82, 2.24) is 4.98 Å². The largest absolute Gasteiger partial charge is 0.481 e. The van der Waals surface area contributed by atoms with Crippen LogP contribution in [0.2, 0.25) is 0 Å². The molecule has 0 bridgehead atoms. The maximum absolute atomic E-state index is 14.5. The van der Waals surface area contributed by atoms with Gasteiger partial charge in [0.25, 0.3) is 46.0 Å². The minimum atomic E-state index is -5.91. The van der Waals surface area contributed by atoms with Gasteiger partial charge in [0.1, 0.15) is 20.6 Å². The number of rotatable bonds is 15. The number of carbonyl (C=O) groups excluding carboxylic acids is 3. The number of fused-ring (bicyclic) bond motifs is 2. The van der Waals surface area contributed by atoms with Crippen LogP contribution < -0.4 is 10.9 Å². The third kappa shape index (κ3) is 9.05. The summed E-state index contributed by atoms with van der Waals surface area (Å²) in [5.74, 6) is -9.02. The highest BCUT2D eigenvalue weighted by Gasteiger charge is 2.38. The molecule has 0 radical (unpaired) electrons. The van der Waals surface area contributed by atoms with Gasteiger partial charge in [-0.25, -0.2) is 8.42 Å². The van der Waals surface area contributed by atoms with Crippen molar-refractivity contribution in [2.24, 2.45) is 5.92 Å². The first-order chi connectivity index (χ1) is 31.0. The number of anilines is 2. The van der Waals surface area contributed by atoms with Crippen LogP contribution in [0, 0.1) is 5.92 Å². The first kappa shape index (κ1) is 48.1. The molecule has 1 atom stereocenters. The van der Waals surface area contributed by atoms with E-state index in [0.29, 0.717) is 12.1 Å². The number of hydrogen-bond acceptors (Lipinski definition) is 16. The van der Waals surface area contributed by atoms with Crippen LogP contribution in [-0.2, 0) is 55.1 Å². The standard InChI is InChI=1S/C40H28N2O20S5/c43-36(20-9-6-10-21(15-20)64(51,52)53)25(40(47)48)13-14-63(49,50)22-16-27(65(54,55)56)34(28(17-22)66(57,58)59)41-26-18-29(67(60,61)62)35-32-30(23-11-4-5-12-24(23)38(45)31(26)32)33(39(46)42-35)37(44)19-7-2-1-3-8-19/h1-12,15-18,25,41H,13-14H2,(H,42,46)(H,47,48)(H,51,52,53)(H,54,55,56)(H,57,58,59)(H,60,61,62). The van der Waals surface area contributed by atoms with Gasteiger partial charge in [-0.05, 0) is 42.3 Å². The number of carbonyl (C=O) groups is 4. The van der Waals surface area contributed by atoms with Crippen LogP contribution in [0.1, 0.15) is 48.6 Å². The van der Waals surface area contributed by atoms with E-state index in [-0.39, 0.29) is 34.4 Å². The Morgan fingerprint density at radius 2 is 1.15 bits per heavy atom. The van der Waals surface area contributed by atoms with Crippen molar-refractivity contribution in [2.45, 2.75) is 30.9 Å². The molecule has 0 spiro atoms. The Bertz CT molecular complexity index is 3800. The third-order valence-corrected chi connectivity index (χ3v) is 15.6. The van der Waals surface area contributed by atoms with Crippen LogP contribution in [0.3, 0.4) is 0 Å². The lowest BCUT2D eigenvalue weighted by Crippen LogP contribution is -2.27. The number of ketones is 3. The topological polar surface area (TPSA) is 385 Å². The van der Waals surface area contributed by atoms with Crippen molar-refractivity contribution in [3.8, 4) is 11.1 Å². The Balaban J connectivity index is 1.44. The lowest BCUT2D eigenvalue weighted by Gasteiger charge is -2.26. The number of carboxylic acids is 1. The molecule has 1 heterocycles. The van der Waals surface area contributed by atoms with E-state index in [1.807, 2.05) is 0 Å².